The molecule has 4 rings (SSSR count). The second-order valence-electron chi connectivity index (χ2n) is 6.24. The van der Waals surface area contributed by atoms with Crippen LogP contribution in [-0.4, -0.2) is 24.8 Å². The first-order valence-corrected chi connectivity index (χ1v) is 8.70. The van der Waals surface area contributed by atoms with Gasteiger partial charge in [-0.05, 0) is 42.8 Å². The van der Waals surface area contributed by atoms with E-state index < -0.39 is 0 Å². The summed E-state index contributed by atoms with van der Waals surface area (Å²) in [6, 6.07) is 16.8. The molecule has 0 aliphatic rings. The van der Waals surface area contributed by atoms with Gasteiger partial charge in [0.15, 0.2) is 0 Å². The zero-order chi connectivity index (χ0) is 18.6. The molecule has 7 heteroatoms. The Kier molecular flexibility index (Phi) is 4.76. The van der Waals surface area contributed by atoms with Crippen molar-refractivity contribution in [3.63, 3.8) is 0 Å². The normalized spacial score (nSPS) is 12.2. The molecule has 0 saturated heterocycles. The van der Waals surface area contributed by atoms with Gasteiger partial charge in [0.2, 0.25) is 0 Å². The van der Waals surface area contributed by atoms with Gasteiger partial charge in [-0.2, -0.15) is 5.10 Å². The molecule has 2 aromatic heterocycles. The minimum atomic E-state index is -0.305. The van der Waals surface area contributed by atoms with Crippen molar-refractivity contribution in [2.75, 3.05) is 0 Å². The summed E-state index contributed by atoms with van der Waals surface area (Å²) < 4.78 is 17.8. The van der Waals surface area contributed by atoms with E-state index in [1.807, 2.05) is 43.3 Å². The van der Waals surface area contributed by atoms with E-state index in [-0.39, 0.29) is 11.9 Å². The van der Waals surface area contributed by atoms with E-state index in [4.69, 9.17) is 0 Å². The molecule has 0 fully saturated rings. The fraction of sp³-hybridized carbons (Fsp3) is 0.150. The van der Waals surface area contributed by atoms with E-state index in [0.29, 0.717) is 12.2 Å². The highest BCUT2D eigenvalue weighted by Crippen LogP contribution is 2.20. The van der Waals surface area contributed by atoms with Crippen LogP contribution in [0, 0.1) is 5.82 Å². The molecule has 0 radical (unpaired) electrons. The number of nitrogens with zero attached hydrogens (tertiary/aromatic N) is 5. The first kappa shape index (κ1) is 17.1. The van der Waals surface area contributed by atoms with Crippen LogP contribution in [0.25, 0.3) is 11.4 Å². The molecule has 0 saturated carbocycles. The number of benzene rings is 2. The van der Waals surface area contributed by atoms with E-state index in [2.05, 4.69) is 20.7 Å². The van der Waals surface area contributed by atoms with Gasteiger partial charge in [-0.1, -0.05) is 29.5 Å². The molecule has 0 spiro atoms. The number of para-hydroxylation sites is 1. The number of rotatable bonds is 6. The Morgan fingerprint density at radius 2 is 1.96 bits per heavy atom. The highest BCUT2D eigenvalue weighted by Gasteiger charge is 2.12. The summed E-state index contributed by atoms with van der Waals surface area (Å²) in [5, 5.41) is 15.6. The number of halogens is 1. The molecular weight excluding hydrogens is 343 g/mol. The molecule has 136 valence electrons. The molecule has 0 aliphatic heterocycles. The van der Waals surface area contributed by atoms with Crippen molar-refractivity contribution in [3.05, 3.63) is 90.3 Å². The zero-order valence-electron chi connectivity index (χ0n) is 14.8. The summed E-state index contributed by atoms with van der Waals surface area (Å²) in [4.78, 5) is 0. The van der Waals surface area contributed by atoms with Crippen LogP contribution < -0.4 is 5.32 Å². The Balaban J connectivity index is 1.47. The van der Waals surface area contributed by atoms with Gasteiger partial charge in [0.25, 0.3) is 0 Å². The first-order valence-electron chi connectivity index (χ1n) is 8.70. The van der Waals surface area contributed by atoms with Crippen LogP contribution in [0.2, 0.25) is 0 Å². The lowest BCUT2D eigenvalue weighted by atomic mass is 10.1. The molecule has 6 nitrogen and oxygen atoms in total. The highest BCUT2D eigenvalue weighted by atomic mass is 19.1. The molecule has 0 aliphatic carbocycles. The van der Waals surface area contributed by atoms with Gasteiger partial charge in [-0.15, -0.1) is 5.10 Å². The quantitative estimate of drug-likeness (QED) is 0.571. The van der Waals surface area contributed by atoms with Crippen LogP contribution in [0.1, 0.15) is 24.2 Å². The summed E-state index contributed by atoms with van der Waals surface area (Å²) in [5.74, 6) is -0.305. The third kappa shape index (κ3) is 3.63. The molecule has 0 unspecified atom stereocenters. The predicted octanol–water partition coefficient (Wildman–Crippen LogP) is 3.44. The lowest BCUT2D eigenvalue weighted by molar-refractivity contribution is 0.549. The third-order valence-corrected chi connectivity index (χ3v) is 4.43. The molecule has 4 aromatic rings. The second-order valence-corrected chi connectivity index (χ2v) is 6.24. The first-order chi connectivity index (χ1) is 13.2. The van der Waals surface area contributed by atoms with Gasteiger partial charge in [-0.3, -0.25) is 0 Å². The molecule has 1 atom stereocenters. The zero-order valence-corrected chi connectivity index (χ0v) is 14.8. The van der Waals surface area contributed by atoms with Crippen molar-refractivity contribution in [1.29, 1.82) is 0 Å². The maximum Gasteiger partial charge on any atom is 0.149 e. The van der Waals surface area contributed by atoms with E-state index in [1.165, 1.54) is 4.68 Å². The van der Waals surface area contributed by atoms with Crippen molar-refractivity contribution in [2.24, 2.45) is 0 Å². The van der Waals surface area contributed by atoms with E-state index in [1.54, 1.807) is 41.5 Å². The van der Waals surface area contributed by atoms with Crippen molar-refractivity contribution in [3.8, 4) is 11.4 Å². The van der Waals surface area contributed by atoms with Gasteiger partial charge in [-0.25, -0.2) is 13.8 Å². The minimum Gasteiger partial charge on any atom is -0.305 e. The molecule has 0 bridgehead atoms. The molecule has 27 heavy (non-hydrogen) atoms. The maximum absolute atomic E-state index is 14.5. The van der Waals surface area contributed by atoms with Gasteiger partial charge >= 0.3 is 0 Å². The Morgan fingerprint density at radius 1 is 1.11 bits per heavy atom. The van der Waals surface area contributed by atoms with Gasteiger partial charge < -0.3 is 5.32 Å². The largest absolute Gasteiger partial charge is 0.305 e. The number of hydrogen-bond donors (Lipinski definition) is 1. The molecule has 0 amide bonds. The highest BCUT2D eigenvalue weighted by molar-refractivity contribution is 5.37. The van der Waals surface area contributed by atoms with Crippen LogP contribution in [0.4, 0.5) is 4.39 Å². The van der Waals surface area contributed by atoms with Crippen molar-refractivity contribution in [1.82, 2.24) is 30.1 Å². The second kappa shape index (κ2) is 7.51. The average molecular weight is 362 g/mol. The average Bonchev–Trinajstić information content (AvgIpc) is 3.38. The molecular formula is C20H19FN6. The van der Waals surface area contributed by atoms with E-state index >= 15 is 0 Å². The summed E-state index contributed by atoms with van der Waals surface area (Å²) in [6.45, 7) is 2.56. The minimum absolute atomic E-state index is 0.0368. The molecule has 2 aromatic carbocycles. The van der Waals surface area contributed by atoms with Gasteiger partial charge in [0.1, 0.15) is 11.5 Å². The Bertz CT molecular complexity index is 1010. The van der Waals surface area contributed by atoms with Crippen LogP contribution >= 0.6 is 0 Å². The Labute approximate surface area is 156 Å². The van der Waals surface area contributed by atoms with Crippen molar-refractivity contribution in [2.45, 2.75) is 19.5 Å². The monoisotopic (exact) mass is 362 g/mol. The summed E-state index contributed by atoms with van der Waals surface area (Å²) in [5.41, 5.74) is 3.18. The van der Waals surface area contributed by atoms with Crippen LogP contribution in [0.15, 0.2) is 73.2 Å². The maximum atomic E-state index is 14.5. The fourth-order valence-electron chi connectivity index (χ4n) is 2.93. The van der Waals surface area contributed by atoms with Crippen molar-refractivity contribution < 1.29 is 4.39 Å². The van der Waals surface area contributed by atoms with Gasteiger partial charge in [0, 0.05) is 25.0 Å². The summed E-state index contributed by atoms with van der Waals surface area (Å²) in [7, 11) is 0. The topological polar surface area (TPSA) is 60.6 Å². The van der Waals surface area contributed by atoms with E-state index in [9.17, 15) is 4.39 Å². The predicted molar refractivity (Wildman–Crippen MR) is 100 cm³/mol. The van der Waals surface area contributed by atoms with Crippen LogP contribution in [-0.2, 0) is 6.54 Å². The lowest BCUT2D eigenvalue weighted by Gasteiger charge is -2.16. The molecule has 2 heterocycles. The number of aromatic nitrogens is 5. The lowest BCUT2D eigenvalue weighted by Crippen LogP contribution is -2.20. The summed E-state index contributed by atoms with van der Waals surface area (Å²) >= 11 is 0. The SMILES string of the molecule is C[C@H](NCc1cnnn1-c1ccccc1)c1ccc(-n2cccn2)c(F)c1. The van der Waals surface area contributed by atoms with E-state index in [0.717, 1.165) is 16.9 Å². The third-order valence-electron chi connectivity index (χ3n) is 4.43. The number of nitrogens with one attached hydrogen (secondary N) is 1. The fourth-order valence-corrected chi connectivity index (χ4v) is 2.93. The molecule has 1 N–H and O–H groups in total. The Hall–Kier alpha value is -3.32. The van der Waals surface area contributed by atoms with Crippen LogP contribution in [0.3, 0.4) is 0 Å². The number of hydrogen-bond acceptors (Lipinski definition) is 4. The Morgan fingerprint density at radius 3 is 2.70 bits per heavy atom. The summed E-state index contributed by atoms with van der Waals surface area (Å²) in [6.07, 6.45) is 5.08. The van der Waals surface area contributed by atoms with Crippen LogP contribution in [0.5, 0.6) is 0 Å². The smallest absolute Gasteiger partial charge is 0.149 e. The van der Waals surface area contributed by atoms with Gasteiger partial charge in [0.05, 0.1) is 17.6 Å². The van der Waals surface area contributed by atoms with Crippen molar-refractivity contribution >= 4 is 0 Å². The standard InChI is InChI=1S/C20H19FN6/c1-15(16-8-9-20(19(21)12-16)26-11-5-10-24-26)22-13-18-14-23-25-27(18)17-6-3-2-4-7-17/h2-12,14-15,22H,13H2,1H3/t15-/m0/s1.